The summed E-state index contributed by atoms with van der Waals surface area (Å²) in [7, 11) is 0. The summed E-state index contributed by atoms with van der Waals surface area (Å²) in [5.41, 5.74) is 7.31. The van der Waals surface area contributed by atoms with Gasteiger partial charge in [-0.15, -0.1) is 11.3 Å². The number of carbonyl (C=O) groups is 1. The monoisotopic (exact) mass is 728 g/mol. The van der Waals surface area contributed by atoms with E-state index in [2.05, 4.69) is 52.7 Å². The lowest BCUT2D eigenvalue weighted by atomic mass is 10.1. The summed E-state index contributed by atoms with van der Waals surface area (Å²) in [6.45, 7) is 0.323. The maximum absolute atomic E-state index is 12.6. The van der Waals surface area contributed by atoms with E-state index in [0.29, 0.717) is 28.0 Å². The Balaban J connectivity index is 1.17. The maximum Gasteiger partial charge on any atom is 0.271 e. The van der Waals surface area contributed by atoms with E-state index in [4.69, 9.17) is 27.9 Å². The zero-order chi connectivity index (χ0) is 28.8. The molecule has 1 aromatic heterocycles. The number of ether oxygens (including phenoxy) is 1. The number of benzene rings is 4. The van der Waals surface area contributed by atoms with Crippen LogP contribution >= 0.6 is 66.4 Å². The Hall–Kier alpha value is -3.21. The van der Waals surface area contributed by atoms with Gasteiger partial charge in [-0.25, -0.2) is 10.4 Å². The van der Waals surface area contributed by atoms with Gasteiger partial charge in [-0.2, -0.15) is 5.10 Å². The van der Waals surface area contributed by atoms with Gasteiger partial charge in [-0.3, -0.25) is 4.79 Å². The second-order valence-electron chi connectivity index (χ2n) is 8.64. The zero-order valence-corrected chi connectivity index (χ0v) is 26.6. The van der Waals surface area contributed by atoms with Gasteiger partial charge in [0.15, 0.2) is 5.13 Å². The number of amides is 1. The second kappa shape index (κ2) is 13.6. The van der Waals surface area contributed by atoms with Crippen molar-refractivity contribution >= 4 is 89.3 Å². The lowest BCUT2D eigenvalue weighted by Gasteiger charge is -2.12. The summed E-state index contributed by atoms with van der Waals surface area (Å²) < 4.78 is 7.42. The fourth-order valence-corrected chi connectivity index (χ4v) is 6.21. The molecule has 0 bridgehead atoms. The predicted octanol–water partition coefficient (Wildman–Crippen LogP) is 9.73. The van der Waals surface area contributed by atoms with Gasteiger partial charge >= 0.3 is 0 Å². The number of carbonyl (C=O) groups excluding carboxylic acids is 1. The number of anilines is 2. The van der Waals surface area contributed by atoms with Gasteiger partial charge in [0.1, 0.15) is 12.4 Å². The Morgan fingerprint density at radius 3 is 2.39 bits per heavy atom. The molecule has 1 amide bonds. The molecule has 41 heavy (non-hydrogen) atoms. The third-order valence-electron chi connectivity index (χ3n) is 5.77. The SMILES string of the molecule is O=C(N/N=C\c1cc(Br)c(OCc2ccccc2Cl)c(Br)c1)c1ccc(-c2csc(Nc3ccc(Cl)cc3)n2)cc1. The quantitative estimate of drug-likeness (QED) is 0.117. The molecule has 0 atom stereocenters. The fourth-order valence-electron chi connectivity index (χ4n) is 3.70. The predicted molar refractivity (Wildman–Crippen MR) is 175 cm³/mol. The Labute approximate surface area is 267 Å². The number of hydrazone groups is 1. The highest BCUT2D eigenvalue weighted by Crippen LogP contribution is 2.35. The second-order valence-corrected chi connectivity index (χ2v) is 12.1. The summed E-state index contributed by atoms with van der Waals surface area (Å²) in [6, 6.07) is 25.8. The van der Waals surface area contributed by atoms with Gasteiger partial charge in [0.05, 0.1) is 20.9 Å². The van der Waals surface area contributed by atoms with Crippen LogP contribution in [0.1, 0.15) is 21.5 Å². The summed E-state index contributed by atoms with van der Waals surface area (Å²) in [6.07, 6.45) is 1.56. The van der Waals surface area contributed by atoms with Crippen LogP contribution in [0.25, 0.3) is 11.3 Å². The molecule has 0 aliphatic rings. The highest BCUT2D eigenvalue weighted by atomic mass is 79.9. The van der Waals surface area contributed by atoms with E-state index in [1.807, 2.05) is 78.2 Å². The average molecular weight is 731 g/mol. The normalized spacial score (nSPS) is 11.0. The Bertz CT molecular complexity index is 1690. The van der Waals surface area contributed by atoms with Gasteiger partial charge in [0.2, 0.25) is 0 Å². The van der Waals surface area contributed by atoms with E-state index < -0.39 is 0 Å². The van der Waals surface area contributed by atoms with Crippen LogP contribution in [0.15, 0.2) is 104 Å². The molecule has 206 valence electrons. The molecule has 6 nitrogen and oxygen atoms in total. The topological polar surface area (TPSA) is 75.6 Å². The number of hydrogen-bond donors (Lipinski definition) is 2. The van der Waals surface area contributed by atoms with E-state index in [9.17, 15) is 4.79 Å². The first-order chi connectivity index (χ1) is 19.9. The number of nitrogens with zero attached hydrogens (tertiary/aromatic N) is 2. The molecular formula is C30H20Br2Cl2N4O2S. The average Bonchev–Trinajstić information content (AvgIpc) is 3.43. The van der Waals surface area contributed by atoms with Crippen LogP contribution in [-0.4, -0.2) is 17.1 Å². The summed E-state index contributed by atoms with van der Waals surface area (Å²) in [4.78, 5) is 17.3. The van der Waals surface area contributed by atoms with Crippen LogP contribution < -0.4 is 15.5 Å². The minimum Gasteiger partial charge on any atom is -0.486 e. The van der Waals surface area contributed by atoms with Crippen LogP contribution in [-0.2, 0) is 6.61 Å². The molecule has 4 aromatic carbocycles. The first kappa shape index (κ1) is 29.3. The summed E-state index contributed by atoms with van der Waals surface area (Å²) >= 11 is 20.8. The molecule has 2 N–H and O–H groups in total. The lowest BCUT2D eigenvalue weighted by molar-refractivity contribution is 0.0955. The molecule has 0 aliphatic carbocycles. The minimum atomic E-state index is -0.325. The number of aromatic nitrogens is 1. The molecule has 11 heteroatoms. The van der Waals surface area contributed by atoms with Gasteiger partial charge in [0.25, 0.3) is 5.91 Å². The van der Waals surface area contributed by atoms with Crippen molar-refractivity contribution in [3.63, 3.8) is 0 Å². The molecule has 0 saturated heterocycles. The fraction of sp³-hybridized carbons (Fsp3) is 0.0333. The molecule has 1 heterocycles. The molecule has 0 unspecified atom stereocenters. The van der Waals surface area contributed by atoms with Crippen molar-refractivity contribution in [2.75, 3.05) is 5.32 Å². The zero-order valence-electron chi connectivity index (χ0n) is 21.1. The third-order valence-corrected chi connectivity index (χ3v) is 8.33. The Morgan fingerprint density at radius 1 is 0.976 bits per heavy atom. The van der Waals surface area contributed by atoms with Crippen molar-refractivity contribution < 1.29 is 9.53 Å². The highest BCUT2D eigenvalue weighted by Gasteiger charge is 2.11. The van der Waals surface area contributed by atoms with E-state index in [0.717, 1.165) is 42.1 Å². The first-order valence-corrected chi connectivity index (χ1v) is 15.3. The van der Waals surface area contributed by atoms with Gasteiger partial charge in [0, 0.05) is 37.8 Å². The summed E-state index contributed by atoms with van der Waals surface area (Å²) in [5.74, 6) is 0.313. The van der Waals surface area contributed by atoms with Crippen molar-refractivity contribution in [1.29, 1.82) is 0 Å². The van der Waals surface area contributed by atoms with Crippen molar-refractivity contribution in [3.8, 4) is 17.0 Å². The van der Waals surface area contributed by atoms with E-state index in [-0.39, 0.29) is 5.91 Å². The Kier molecular flexibility index (Phi) is 9.74. The summed E-state index contributed by atoms with van der Waals surface area (Å²) in [5, 5.41) is 11.4. The number of thiazole rings is 1. The van der Waals surface area contributed by atoms with Crippen LogP contribution in [0.3, 0.4) is 0 Å². The number of hydrogen-bond acceptors (Lipinski definition) is 6. The van der Waals surface area contributed by atoms with Crippen LogP contribution in [0.4, 0.5) is 10.8 Å². The van der Waals surface area contributed by atoms with E-state index in [1.54, 1.807) is 18.3 Å². The molecule has 5 rings (SSSR count). The molecular weight excluding hydrogens is 711 g/mol. The van der Waals surface area contributed by atoms with Gasteiger partial charge in [-0.1, -0.05) is 53.5 Å². The largest absolute Gasteiger partial charge is 0.486 e. The third kappa shape index (κ3) is 7.75. The number of nitrogens with one attached hydrogen (secondary N) is 2. The van der Waals surface area contributed by atoms with Crippen molar-refractivity contribution in [2.45, 2.75) is 6.61 Å². The van der Waals surface area contributed by atoms with Gasteiger partial charge in [-0.05, 0) is 92.0 Å². The highest BCUT2D eigenvalue weighted by molar-refractivity contribution is 9.11. The molecule has 0 aliphatic heterocycles. The standard InChI is InChI=1S/C30H20Br2Cl2N4O2S/c31-24-13-18(14-25(32)28(24)40-16-21-3-1-2-4-26(21)34)15-35-38-29(39)20-7-5-19(6-8-20)27-17-41-30(37-27)36-23-11-9-22(33)10-12-23/h1-15,17H,16H2,(H,36,37)(H,38,39)/b35-15-. The van der Waals surface area contributed by atoms with E-state index >= 15 is 0 Å². The number of halogens is 4. The van der Waals surface area contributed by atoms with Crippen molar-refractivity contribution in [1.82, 2.24) is 10.4 Å². The van der Waals surface area contributed by atoms with Gasteiger partial charge < -0.3 is 10.1 Å². The Morgan fingerprint density at radius 2 is 1.68 bits per heavy atom. The number of rotatable bonds is 9. The maximum atomic E-state index is 12.6. The van der Waals surface area contributed by atoms with Crippen molar-refractivity contribution in [2.24, 2.45) is 5.10 Å². The lowest BCUT2D eigenvalue weighted by Crippen LogP contribution is -2.17. The van der Waals surface area contributed by atoms with Crippen LogP contribution in [0, 0.1) is 0 Å². The molecule has 0 radical (unpaired) electrons. The molecule has 0 fully saturated rings. The van der Waals surface area contributed by atoms with Crippen LogP contribution in [0.5, 0.6) is 5.75 Å². The smallest absolute Gasteiger partial charge is 0.271 e. The molecule has 0 spiro atoms. The molecule has 0 saturated carbocycles. The minimum absolute atomic E-state index is 0.323. The van der Waals surface area contributed by atoms with Crippen molar-refractivity contribution in [3.05, 3.63) is 126 Å². The first-order valence-electron chi connectivity index (χ1n) is 12.1. The van der Waals surface area contributed by atoms with E-state index in [1.165, 1.54) is 11.3 Å². The van der Waals surface area contributed by atoms with Crippen LogP contribution in [0.2, 0.25) is 10.0 Å². The molecule has 5 aromatic rings.